The molecule has 104 valence electrons. The van der Waals surface area contributed by atoms with Crippen molar-refractivity contribution >= 4 is 5.97 Å². The summed E-state index contributed by atoms with van der Waals surface area (Å²) in [5.41, 5.74) is 4.39. The predicted octanol–water partition coefficient (Wildman–Crippen LogP) is 2.51. The summed E-state index contributed by atoms with van der Waals surface area (Å²) in [5.74, 6) is -0.725. The van der Waals surface area contributed by atoms with Crippen LogP contribution in [0, 0.1) is 0 Å². The van der Waals surface area contributed by atoms with Gasteiger partial charge in [-0.1, -0.05) is 18.2 Å². The van der Waals surface area contributed by atoms with Crippen molar-refractivity contribution in [2.24, 2.45) is 0 Å². The fourth-order valence-corrected chi connectivity index (χ4v) is 2.72. The van der Waals surface area contributed by atoms with Gasteiger partial charge < -0.3 is 10.0 Å². The van der Waals surface area contributed by atoms with E-state index in [1.165, 1.54) is 36.0 Å². The molecule has 1 unspecified atom stereocenters. The Bertz CT molecular complexity index is 456. The van der Waals surface area contributed by atoms with Gasteiger partial charge >= 0.3 is 5.97 Å². The summed E-state index contributed by atoms with van der Waals surface area (Å²) in [5, 5.41) is 8.80. The first-order chi connectivity index (χ1) is 9.06. The summed E-state index contributed by atoms with van der Waals surface area (Å²) < 4.78 is 0. The highest BCUT2D eigenvalue weighted by atomic mass is 16.4. The number of likely N-dealkylation sites (N-methyl/N-ethyl adjacent to an activating group) is 1. The number of nitrogens with zero attached hydrogens (tertiary/aromatic N) is 1. The minimum atomic E-state index is -0.725. The molecule has 0 amide bonds. The third-order valence-corrected chi connectivity index (χ3v) is 4.14. The Labute approximate surface area is 115 Å². The first-order valence-corrected chi connectivity index (χ1v) is 7.09. The molecule has 0 aliphatic heterocycles. The topological polar surface area (TPSA) is 40.5 Å². The van der Waals surface area contributed by atoms with Gasteiger partial charge in [-0.2, -0.15) is 0 Å². The molecular weight excluding hydrogens is 238 g/mol. The normalized spacial score (nSPS) is 15.5. The second kappa shape index (κ2) is 6.20. The molecule has 1 aromatic rings. The van der Waals surface area contributed by atoms with Crippen LogP contribution in [-0.2, 0) is 24.1 Å². The molecule has 1 aliphatic rings. The average Bonchev–Trinajstić information content (AvgIpc) is 2.82. The zero-order valence-corrected chi connectivity index (χ0v) is 11.9. The Morgan fingerprint density at radius 3 is 2.84 bits per heavy atom. The maximum Gasteiger partial charge on any atom is 0.304 e. The second-order valence-electron chi connectivity index (χ2n) is 5.63. The van der Waals surface area contributed by atoms with Gasteiger partial charge in [0.25, 0.3) is 0 Å². The molecule has 0 heterocycles. The lowest BCUT2D eigenvalue weighted by molar-refractivity contribution is -0.138. The molecule has 1 aromatic carbocycles. The largest absolute Gasteiger partial charge is 0.481 e. The SMILES string of the molecule is CC(CC(=O)O)N(C)CCc1ccc2c(c1)CCC2. The van der Waals surface area contributed by atoms with E-state index in [2.05, 4.69) is 23.1 Å². The van der Waals surface area contributed by atoms with Crippen LogP contribution in [0.2, 0.25) is 0 Å². The number of carboxylic acids is 1. The van der Waals surface area contributed by atoms with Crippen molar-refractivity contribution < 1.29 is 9.90 Å². The van der Waals surface area contributed by atoms with E-state index in [0.717, 1.165) is 13.0 Å². The molecule has 0 spiro atoms. The van der Waals surface area contributed by atoms with E-state index < -0.39 is 5.97 Å². The third-order valence-electron chi connectivity index (χ3n) is 4.14. The number of hydrogen-bond acceptors (Lipinski definition) is 2. The Morgan fingerprint density at radius 2 is 2.11 bits per heavy atom. The molecule has 3 nitrogen and oxygen atoms in total. The number of aliphatic carboxylic acids is 1. The quantitative estimate of drug-likeness (QED) is 0.855. The van der Waals surface area contributed by atoms with Crippen LogP contribution in [0.25, 0.3) is 0 Å². The van der Waals surface area contributed by atoms with Gasteiger partial charge in [-0.3, -0.25) is 4.79 Å². The van der Waals surface area contributed by atoms with E-state index in [9.17, 15) is 4.79 Å². The van der Waals surface area contributed by atoms with Crippen molar-refractivity contribution in [1.29, 1.82) is 0 Å². The lowest BCUT2D eigenvalue weighted by atomic mass is 10.0. The molecule has 3 heteroatoms. The van der Waals surface area contributed by atoms with Gasteiger partial charge in [0.2, 0.25) is 0 Å². The molecule has 19 heavy (non-hydrogen) atoms. The molecule has 1 aliphatic carbocycles. The van der Waals surface area contributed by atoms with Gasteiger partial charge in [-0.15, -0.1) is 0 Å². The van der Waals surface area contributed by atoms with Crippen LogP contribution in [0.5, 0.6) is 0 Å². The lowest BCUT2D eigenvalue weighted by Crippen LogP contribution is -2.32. The van der Waals surface area contributed by atoms with Crippen LogP contribution in [-0.4, -0.2) is 35.6 Å². The maximum absolute atomic E-state index is 10.7. The van der Waals surface area contributed by atoms with Crippen LogP contribution >= 0.6 is 0 Å². The number of aryl methyl sites for hydroxylation is 2. The van der Waals surface area contributed by atoms with Gasteiger partial charge in [-0.25, -0.2) is 0 Å². The van der Waals surface area contributed by atoms with E-state index in [-0.39, 0.29) is 12.5 Å². The van der Waals surface area contributed by atoms with Crippen molar-refractivity contribution in [2.75, 3.05) is 13.6 Å². The first-order valence-electron chi connectivity index (χ1n) is 7.09. The summed E-state index contributed by atoms with van der Waals surface area (Å²) in [6.07, 6.45) is 4.93. The van der Waals surface area contributed by atoms with E-state index in [0.29, 0.717) is 0 Å². The molecule has 0 saturated heterocycles. The van der Waals surface area contributed by atoms with Crippen molar-refractivity contribution in [1.82, 2.24) is 4.90 Å². The molecule has 2 rings (SSSR count). The number of benzene rings is 1. The highest BCUT2D eigenvalue weighted by Gasteiger charge is 2.14. The minimum Gasteiger partial charge on any atom is -0.481 e. The third kappa shape index (κ3) is 3.80. The first kappa shape index (κ1) is 14.1. The van der Waals surface area contributed by atoms with Crippen molar-refractivity contribution in [3.8, 4) is 0 Å². The van der Waals surface area contributed by atoms with E-state index in [1.54, 1.807) is 0 Å². The highest BCUT2D eigenvalue weighted by molar-refractivity contribution is 5.67. The molecule has 0 radical (unpaired) electrons. The molecule has 1 N–H and O–H groups in total. The Morgan fingerprint density at radius 1 is 1.37 bits per heavy atom. The summed E-state index contributed by atoms with van der Waals surface area (Å²) in [6.45, 7) is 2.88. The molecule has 0 fully saturated rings. The molecular formula is C16H23NO2. The van der Waals surface area contributed by atoms with Gasteiger partial charge in [0.05, 0.1) is 6.42 Å². The van der Waals surface area contributed by atoms with Gasteiger partial charge in [0, 0.05) is 12.6 Å². The second-order valence-corrected chi connectivity index (χ2v) is 5.63. The minimum absolute atomic E-state index is 0.0897. The van der Waals surface area contributed by atoms with E-state index in [4.69, 9.17) is 5.11 Å². The zero-order chi connectivity index (χ0) is 13.8. The highest BCUT2D eigenvalue weighted by Crippen LogP contribution is 2.23. The number of carbonyl (C=O) groups is 1. The lowest BCUT2D eigenvalue weighted by Gasteiger charge is -2.23. The predicted molar refractivity (Wildman–Crippen MR) is 76.5 cm³/mol. The number of rotatable bonds is 6. The van der Waals surface area contributed by atoms with Crippen molar-refractivity contribution in [3.05, 3.63) is 34.9 Å². The van der Waals surface area contributed by atoms with E-state index >= 15 is 0 Å². The van der Waals surface area contributed by atoms with Crippen molar-refractivity contribution in [2.45, 2.75) is 45.1 Å². The Balaban J connectivity index is 1.86. The fourth-order valence-electron chi connectivity index (χ4n) is 2.72. The Hall–Kier alpha value is -1.35. The molecule has 0 saturated carbocycles. The summed E-state index contributed by atoms with van der Waals surface area (Å²) in [7, 11) is 2.00. The Kier molecular flexibility index (Phi) is 4.59. The monoisotopic (exact) mass is 261 g/mol. The standard InChI is InChI=1S/C16H23NO2/c1-12(10-16(18)19)17(2)9-8-13-6-7-14-4-3-5-15(14)11-13/h6-7,11-12H,3-5,8-10H2,1-2H3,(H,18,19). The van der Waals surface area contributed by atoms with Crippen LogP contribution < -0.4 is 0 Å². The van der Waals surface area contributed by atoms with E-state index in [1.807, 2.05) is 14.0 Å². The maximum atomic E-state index is 10.7. The molecule has 0 aromatic heterocycles. The average molecular weight is 261 g/mol. The van der Waals surface area contributed by atoms with Gasteiger partial charge in [-0.05, 0) is 56.3 Å². The fraction of sp³-hybridized carbons (Fsp3) is 0.562. The van der Waals surface area contributed by atoms with Crippen LogP contribution in [0.4, 0.5) is 0 Å². The van der Waals surface area contributed by atoms with Crippen LogP contribution in [0.3, 0.4) is 0 Å². The molecule has 1 atom stereocenters. The smallest absolute Gasteiger partial charge is 0.304 e. The van der Waals surface area contributed by atoms with Crippen molar-refractivity contribution in [3.63, 3.8) is 0 Å². The van der Waals surface area contributed by atoms with Crippen LogP contribution in [0.15, 0.2) is 18.2 Å². The summed E-state index contributed by atoms with van der Waals surface area (Å²) in [6, 6.07) is 6.91. The number of carboxylic acid groups (broad SMARTS) is 1. The van der Waals surface area contributed by atoms with Gasteiger partial charge in [0.15, 0.2) is 0 Å². The van der Waals surface area contributed by atoms with Crippen LogP contribution in [0.1, 0.15) is 36.5 Å². The van der Waals surface area contributed by atoms with Gasteiger partial charge in [0.1, 0.15) is 0 Å². The summed E-state index contributed by atoms with van der Waals surface area (Å²) in [4.78, 5) is 12.8. The number of fused-ring (bicyclic) bond motifs is 1. The summed E-state index contributed by atoms with van der Waals surface area (Å²) >= 11 is 0. The zero-order valence-electron chi connectivity index (χ0n) is 11.9. The molecule has 0 bridgehead atoms. The number of hydrogen-bond donors (Lipinski definition) is 1.